The van der Waals surface area contributed by atoms with Crippen molar-refractivity contribution in [3.63, 3.8) is 0 Å². The van der Waals surface area contributed by atoms with Gasteiger partial charge in [-0.1, -0.05) is 6.58 Å². The quantitative estimate of drug-likeness (QED) is 0.195. The molecule has 20 heteroatoms. The molecule has 1 aromatic heterocycles. The zero-order valence-corrected chi connectivity index (χ0v) is 19.4. The van der Waals surface area contributed by atoms with Crippen LogP contribution in [0.5, 0.6) is 0 Å². The minimum atomic E-state index is -6.72. The third-order valence-corrected chi connectivity index (χ3v) is 6.30. The van der Waals surface area contributed by atoms with Gasteiger partial charge >= 0.3 is 23.1 Å². The van der Waals surface area contributed by atoms with Gasteiger partial charge in [-0.3, -0.25) is 0 Å². The highest BCUT2D eigenvalue weighted by Gasteiger charge is 2.46. The number of carbonyl (C=O) groups excluding carboxylic acids is 1. The predicted molar refractivity (Wildman–Crippen MR) is 104 cm³/mol. The maximum Gasteiger partial charge on any atom is 0.480 e. The topological polar surface area (TPSA) is 158 Å². The Hall–Kier alpha value is -2.87. The summed E-state index contributed by atoms with van der Waals surface area (Å²) in [7, 11) is -13.4. The number of sulfonamides is 2. The number of alkyl halides is 6. The average Bonchev–Trinajstić information content (AvgIpc) is 3.16. The van der Waals surface area contributed by atoms with E-state index in [0.29, 0.717) is 13.1 Å². The maximum atomic E-state index is 11.4. The molecule has 1 N–H and O–H groups in total. The highest BCUT2D eigenvalue weighted by atomic mass is 32.3. The monoisotopic (exact) mass is 562 g/mol. The summed E-state index contributed by atoms with van der Waals surface area (Å²) in [6, 6.07) is 0. The van der Waals surface area contributed by atoms with Crippen molar-refractivity contribution >= 4 is 32.1 Å². The molecule has 202 valence electrons. The molecular formula is C15H20F6N4O8S2. The summed E-state index contributed by atoms with van der Waals surface area (Å²) in [5.41, 5.74) is -12.4. The molecule has 0 spiro atoms. The number of nitrogens with zero attached hydrogens (tertiary/aromatic N) is 4. The number of hydrogen-bond acceptors (Lipinski definition) is 7. The van der Waals surface area contributed by atoms with Crippen LogP contribution in [0.15, 0.2) is 31.4 Å². The van der Waals surface area contributed by atoms with Crippen LogP contribution in [0.3, 0.4) is 0 Å². The minimum Gasteiger partial charge on any atom is -0.465 e. The molecule has 0 fully saturated rings. The number of ether oxygens (including phenoxy) is 1. The second-order valence-corrected chi connectivity index (χ2v) is 9.46. The first-order valence-corrected chi connectivity index (χ1v) is 11.8. The number of halogens is 6. The van der Waals surface area contributed by atoms with E-state index in [2.05, 4.69) is 6.58 Å². The van der Waals surface area contributed by atoms with Gasteiger partial charge in [0.05, 0.1) is 19.6 Å². The van der Waals surface area contributed by atoms with E-state index in [9.17, 15) is 52.8 Å². The van der Waals surface area contributed by atoms with Crippen molar-refractivity contribution in [3.8, 4) is 0 Å². The SMILES string of the molecule is C=CC(=O)OCCN(CC[n+]1ccn(CC)c1)C(=O)O.O=S(=O)([N-]S(=O)(=O)C(F)(F)F)C(F)(F)F. The highest BCUT2D eigenvalue weighted by Crippen LogP contribution is 2.36. The van der Waals surface area contributed by atoms with Crippen LogP contribution in [-0.4, -0.2) is 74.2 Å². The third-order valence-electron chi connectivity index (χ3n) is 3.56. The van der Waals surface area contributed by atoms with Gasteiger partial charge in [0.15, 0.2) is 20.0 Å². The Bertz CT molecular complexity index is 1040. The fraction of sp³-hybridized carbons (Fsp3) is 0.533. The number of carbonyl (C=O) groups is 2. The Labute approximate surface area is 195 Å². The summed E-state index contributed by atoms with van der Waals surface area (Å²) in [5, 5.41) is 9.08. The van der Waals surface area contributed by atoms with Crippen LogP contribution in [0, 0.1) is 0 Å². The second-order valence-electron chi connectivity index (χ2n) is 6.04. The van der Waals surface area contributed by atoms with E-state index in [4.69, 9.17) is 9.84 Å². The summed E-state index contributed by atoms with van der Waals surface area (Å²) < 4.78 is 118. The first-order valence-electron chi connectivity index (χ1n) is 8.96. The number of aromatic nitrogens is 2. The summed E-state index contributed by atoms with van der Waals surface area (Å²) in [6.45, 7) is 7.22. The van der Waals surface area contributed by atoms with Crippen molar-refractivity contribution in [2.24, 2.45) is 0 Å². The van der Waals surface area contributed by atoms with Gasteiger partial charge in [-0.05, 0) is 6.92 Å². The van der Waals surface area contributed by atoms with E-state index in [0.717, 1.165) is 16.7 Å². The molecule has 0 atom stereocenters. The van der Waals surface area contributed by atoms with Crippen LogP contribution in [-0.2, 0) is 42.7 Å². The molecule has 0 saturated heterocycles. The molecule has 35 heavy (non-hydrogen) atoms. The first-order chi connectivity index (χ1) is 15.8. The number of carboxylic acid groups (broad SMARTS) is 1. The molecule has 1 aromatic rings. The van der Waals surface area contributed by atoms with Crippen molar-refractivity contribution in [1.82, 2.24) is 9.47 Å². The van der Waals surface area contributed by atoms with Crippen LogP contribution < -0.4 is 4.57 Å². The molecule has 0 aromatic carbocycles. The standard InChI is InChI=1S/C13H19N3O4.C2F6NO4S2/c1-3-12(17)20-10-9-16(13(18)19)8-7-15-6-5-14(4-2)11-15;3-1(4,5)14(10,11)9-15(12,13)2(6,7)8/h3,5-6,11H,1,4,7-10H2,2H3;/q;-1/p+1. The minimum absolute atomic E-state index is 0.0256. The molecule has 1 rings (SSSR count). The van der Waals surface area contributed by atoms with E-state index in [-0.39, 0.29) is 13.2 Å². The predicted octanol–water partition coefficient (Wildman–Crippen LogP) is 1.56. The molecule has 1 heterocycles. The van der Waals surface area contributed by atoms with Gasteiger partial charge in [-0.25, -0.2) is 35.6 Å². The summed E-state index contributed by atoms with van der Waals surface area (Å²) in [4.78, 5) is 23.2. The van der Waals surface area contributed by atoms with Gasteiger partial charge in [0.2, 0.25) is 6.33 Å². The lowest BCUT2D eigenvalue weighted by Gasteiger charge is -2.22. The van der Waals surface area contributed by atoms with E-state index in [1.807, 2.05) is 34.8 Å². The number of imidazole rings is 1. The smallest absolute Gasteiger partial charge is 0.465 e. The molecular weight excluding hydrogens is 542 g/mol. The molecule has 1 amide bonds. The normalized spacial score (nSPS) is 12.3. The van der Waals surface area contributed by atoms with Crippen LogP contribution in [0.2, 0.25) is 0 Å². The number of amides is 1. The van der Waals surface area contributed by atoms with Crippen molar-refractivity contribution in [2.45, 2.75) is 31.0 Å². The second kappa shape index (κ2) is 12.7. The van der Waals surface area contributed by atoms with Crippen LogP contribution in [0.1, 0.15) is 6.92 Å². The van der Waals surface area contributed by atoms with Crippen LogP contribution >= 0.6 is 0 Å². The van der Waals surface area contributed by atoms with Gasteiger partial charge in [0.1, 0.15) is 25.5 Å². The zero-order chi connectivity index (χ0) is 27.7. The van der Waals surface area contributed by atoms with Crippen molar-refractivity contribution < 1.29 is 67.2 Å². The molecule has 12 nitrogen and oxygen atoms in total. The van der Waals surface area contributed by atoms with Gasteiger partial charge in [0.25, 0.3) is 0 Å². The van der Waals surface area contributed by atoms with E-state index in [1.165, 1.54) is 4.90 Å². The molecule has 0 aliphatic carbocycles. The summed E-state index contributed by atoms with van der Waals surface area (Å²) in [5.74, 6) is -0.551. The number of rotatable bonds is 10. The lowest BCUT2D eigenvalue weighted by molar-refractivity contribution is -0.695. The van der Waals surface area contributed by atoms with E-state index in [1.54, 1.807) is 0 Å². The lowest BCUT2D eigenvalue weighted by Crippen LogP contribution is -2.42. The average molecular weight is 562 g/mol. The summed E-state index contributed by atoms with van der Waals surface area (Å²) in [6.07, 6.45) is 5.75. The fourth-order valence-corrected chi connectivity index (χ4v) is 3.54. The van der Waals surface area contributed by atoms with Crippen molar-refractivity contribution in [1.29, 1.82) is 0 Å². The molecule has 0 radical (unpaired) electrons. The van der Waals surface area contributed by atoms with Crippen LogP contribution in [0.25, 0.3) is 4.13 Å². The Morgan fingerprint density at radius 1 is 1.11 bits per heavy atom. The molecule has 0 unspecified atom stereocenters. The van der Waals surface area contributed by atoms with Gasteiger partial charge in [-0.15, -0.1) is 0 Å². The number of esters is 1. The zero-order valence-electron chi connectivity index (χ0n) is 17.7. The first kappa shape index (κ1) is 32.1. The van der Waals surface area contributed by atoms with Crippen molar-refractivity contribution in [3.05, 3.63) is 35.5 Å². The Morgan fingerprint density at radius 2 is 1.63 bits per heavy atom. The fourth-order valence-electron chi connectivity index (χ4n) is 1.83. The maximum absolute atomic E-state index is 11.4. The van der Waals surface area contributed by atoms with Gasteiger partial charge in [0, 0.05) is 6.08 Å². The highest BCUT2D eigenvalue weighted by molar-refractivity contribution is 8.13. The van der Waals surface area contributed by atoms with Crippen molar-refractivity contribution in [2.75, 3.05) is 19.7 Å². The Kier molecular flexibility index (Phi) is 11.7. The lowest BCUT2D eigenvalue weighted by atomic mass is 10.5. The van der Waals surface area contributed by atoms with E-state index >= 15 is 0 Å². The van der Waals surface area contributed by atoms with E-state index < -0.39 is 43.1 Å². The Balaban J connectivity index is 0.000000691. The third kappa shape index (κ3) is 10.9. The van der Waals surface area contributed by atoms with Crippen LogP contribution in [0.4, 0.5) is 31.1 Å². The number of hydrogen-bond donors (Lipinski definition) is 1. The molecule has 0 aliphatic heterocycles. The largest absolute Gasteiger partial charge is 0.480 e. The van der Waals surface area contributed by atoms with Gasteiger partial charge in [-0.2, -0.15) is 26.3 Å². The van der Waals surface area contributed by atoms with Gasteiger partial charge < -0.3 is 18.9 Å². The summed E-state index contributed by atoms with van der Waals surface area (Å²) >= 11 is 0. The molecule has 0 saturated carbocycles. The molecule has 0 aliphatic rings. The Morgan fingerprint density at radius 3 is 2.00 bits per heavy atom. The molecule has 0 bridgehead atoms. The number of aryl methyl sites for hydroxylation is 1.